The minimum absolute atomic E-state index is 0.0600. The molecule has 1 aliphatic rings. The Morgan fingerprint density at radius 1 is 1.40 bits per heavy atom. The van der Waals surface area contributed by atoms with Crippen LogP contribution in [0.25, 0.3) is 0 Å². The van der Waals surface area contributed by atoms with E-state index in [2.05, 4.69) is 4.74 Å². The molecule has 0 bridgehead atoms. The van der Waals surface area contributed by atoms with E-state index in [1.807, 2.05) is 0 Å². The molecule has 0 amide bonds. The Morgan fingerprint density at radius 3 is 2.30 bits per heavy atom. The molecule has 56 valence electrons. The summed E-state index contributed by atoms with van der Waals surface area (Å²) in [6.45, 7) is 0. The van der Waals surface area contributed by atoms with Gasteiger partial charge in [-0.05, 0) is 30.9 Å². The largest absolute Gasteiger partial charge is 0.456 e. The van der Waals surface area contributed by atoms with E-state index in [-0.39, 0.29) is 6.10 Å². The molecular weight excluding hydrogens is 156 g/mol. The third-order valence-corrected chi connectivity index (χ3v) is 1.64. The number of carbonyl (C=O) groups excluding carboxylic acids is 2. The second-order valence-corrected chi connectivity index (χ2v) is 2.58. The van der Waals surface area contributed by atoms with Gasteiger partial charge in [0.05, 0.1) is 0 Å². The zero-order valence-corrected chi connectivity index (χ0v) is 6.06. The zero-order valence-electron chi connectivity index (χ0n) is 5.30. The minimum atomic E-state index is -1.04. The first-order valence-electron chi connectivity index (χ1n) is 3.10. The van der Waals surface area contributed by atoms with E-state index in [1.165, 1.54) is 0 Å². The molecule has 1 aliphatic carbocycles. The van der Waals surface area contributed by atoms with Gasteiger partial charge in [0, 0.05) is 0 Å². The molecule has 1 rings (SSSR count). The van der Waals surface area contributed by atoms with Gasteiger partial charge < -0.3 is 4.74 Å². The molecule has 0 spiro atoms. The molecule has 0 radical (unpaired) electrons. The van der Waals surface area contributed by atoms with Gasteiger partial charge in [-0.25, -0.2) is 4.79 Å². The SMILES string of the molecule is O=C(Cl)C(=O)OC1CCC1. The second-order valence-electron chi connectivity index (χ2n) is 2.23. The Labute approximate surface area is 63.3 Å². The van der Waals surface area contributed by atoms with Crippen LogP contribution >= 0.6 is 11.6 Å². The number of halogens is 1. The third kappa shape index (κ3) is 1.70. The first-order chi connectivity index (χ1) is 4.70. The molecule has 4 heteroatoms. The summed E-state index contributed by atoms with van der Waals surface area (Å²) in [4.78, 5) is 20.6. The summed E-state index contributed by atoms with van der Waals surface area (Å²) in [6.07, 6.45) is 2.72. The maximum atomic E-state index is 10.4. The third-order valence-electron chi connectivity index (χ3n) is 1.49. The molecule has 1 fully saturated rings. The van der Waals surface area contributed by atoms with E-state index in [0.29, 0.717) is 0 Å². The van der Waals surface area contributed by atoms with Gasteiger partial charge in [-0.2, -0.15) is 0 Å². The van der Waals surface area contributed by atoms with Gasteiger partial charge in [0.25, 0.3) is 0 Å². The molecular formula is C6H7ClO3. The maximum Gasteiger partial charge on any atom is 0.391 e. The van der Waals surface area contributed by atoms with Crippen molar-refractivity contribution >= 4 is 22.8 Å². The van der Waals surface area contributed by atoms with E-state index >= 15 is 0 Å². The average molecular weight is 163 g/mol. The van der Waals surface area contributed by atoms with E-state index in [0.717, 1.165) is 19.3 Å². The van der Waals surface area contributed by atoms with Gasteiger partial charge in [-0.1, -0.05) is 0 Å². The van der Waals surface area contributed by atoms with Gasteiger partial charge in [-0.3, -0.25) is 4.79 Å². The fourth-order valence-corrected chi connectivity index (χ4v) is 0.731. The van der Waals surface area contributed by atoms with Crippen LogP contribution in [0.1, 0.15) is 19.3 Å². The van der Waals surface area contributed by atoms with Crippen LogP contribution in [-0.4, -0.2) is 17.3 Å². The summed E-state index contributed by atoms with van der Waals surface area (Å²) in [6, 6.07) is 0. The summed E-state index contributed by atoms with van der Waals surface area (Å²) in [5.41, 5.74) is 0. The Bertz CT molecular complexity index is 162. The number of hydrogen-bond acceptors (Lipinski definition) is 3. The number of rotatable bonds is 2. The predicted molar refractivity (Wildman–Crippen MR) is 34.6 cm³/mol. The van der Waals surface area contributed by atoms with Crippen molar-refractivity contribution < 1.29 is 14.3 Å². The van der Waals surface area contributed by atoms with Crippen LogP contribution < -0.4 is 0 Å². The average Bonchev–Trinajstić information content (AvgIpc) is 1.77. The minimum Gasteiger partial charge on any atom is -0.456 e. The molecule has 0 saturated heterocycles. The van der Waals surface area contributed by atoms with Crippen LogP contribution in [-0.2, 0) is 14.3 Å². The highest BCUT2D eigenvalue weighted by Gasteiger charge is 2.24. The van der Waals surface area contributed by atoms with Gasteiger partial charge >= 0.3 is 11.2 Å². The van der Waals surface area contributed by atoms with E-state index < -0.39 is 11.2 Å². The van der Waals surface area contributed by atoms with Crippen molar-refractivity contribution in [2.24, 2.45) is 0 Å². The number of ether oxygens (including phenoxy) is 1. The summed E-state index contributed by atoms with van der Waals surface area (Å²) in [5, 5.41) is -1.04. The molecule has 0 aromatic heterocycles. The van der Waals surface area contributed by atoms with E-state index in [4.69, 9.17) is 11.6 Å². The van der Waals surface area contributed by atoms with Crippen molar-refractivity contribution in [1.82, 2.24) is 0 Å². The fraction of sp³-hybridized carbons (Fsp3) is 0.667. The molecule has 0 unspecified atom stereocenters. The van der Waals surface area contributed by atoms with Gasteiger partial charge in [-0.15, -0.1) is 0 Å². The van der Waals surface area contributed by atoms with Gasteiger partial charge in [0.1, 0.15) is 6.10 Å². The molecule has 0 aliphatic heterocycles. The highest BCUT2D eigenvalue weighted by Crippen LogP contribution is 2.21. The van der Waals surface area contributed by atoms with Gasteiger partial charge in [0.15, 0.2) is 0 Å². The number of esters is 1. The summed E-state index contributed by atoms with van der Waals surface area (Å²) in [7, 11) is 0. The Morgan fingerprint density at radius 2 is 2.00 bits per heavy atom. The fourth-order valence-electron chi connectivity index (χ4n) is 0.686. The molecule has 0 heterocycles. The van der Waals surface area contributed by atoms with Crippen molar-refractivity contribution in [1.29, 1.82) is 0 Å². The Hall–Kier alpha value is -0.570. The lowest BCUT2D eigenvalue weighted by atomic mass is 9.96. The lowest BCUT2D eigenvalue weighted by Gasteiger charge is -2.23. The predicted octanol–water partition coefficient (Wildman–Crippen LogP) is 0.847. The van der Waals surface area contributed by atoms with Gasteiger partial charge in [0.2, 0.25) is 0 Å². The Balaban J connectivity index is 2.23. The standard InChI is InChI=1S/C6H7ClO3/c7-5(8)6(9)10-4-2-1-3-4/h4H,1-3H2. The molecule has 1 saturated carbocycles. The van der Waals surface area contributed by atoms with Crippen molar-refractivity contribution in [2.45, 2.75) is 25.4 Å². The van der Waals surface area contributed by atoms with Crippen molar-refractivity contribution in [3.63, 3.8) is 0 Å². The van der Waals surface area contributed by atoms with E-state index in [1.54, 1.807) is 0 Å². The first kappa shape index (κ1) is 7.54. The molecule has 0 N–H and O–H groups in total. The molecule has 0 aromatic carbocycles. The first-order valence-corrected chi connectivity index (χ1v) is 3.48. The molecule has 10 heavy (non-hydrogen) atoms. The monoisotopic (exact) mass is 162 g/mol. The highest BCUT2D eigenvalue weighted by atomic mass is 35.5. The van der Waals surface area contributed by atoms with Crippen LogP contribution in [0.15, 0.2) is 0 Å². The van der Waals surface area contributed by atoms with E-state index in [9.17, 15) is 9.59 Å². The van der Waals surface area contributed by atoms with Crippen LogP contribution in [0.3, 0.4) is 0 Å². The normalized spacial score (nSPS) is 17.7. The quantitative estimate of drug-likeness (QED) is 0.344. The van der Waals surface area contributed by atoms with Crippen molar-refractivity contribution in [2.75, 3.05) is 0 Å². The maximum absolute atomic E-state index is 10.4. The summed E-state index contributed by atoms with van der Waals surface area (Å²) in [5.74, 6) is -0.925. The van der Waals surface area contributed by atoms with Crippen LogP contribution in [0.2, 0.25) is 0 Å². The highest BCUT2D eigenvalue weighted by molar-refractivity contribution is 6.80. The summed E-state index contributed by atoms with van der Waals surface area (Å²) >= 11 is 4.84. The van der Waals surface area contributed by atoms with Crippen molar-refractivity contribution in [3.8, 4) is 0 Å². The smallest absolute Gasteiger partial charge is 0.391 e. The zero-order chi connectivity index (χ0) is 7.56. The second kappa shape index (κ2) is 3.01. The molecule has 0 aromatic rings. The van der Waals surface area contributed by atoms with Crippen LogP contribution in [0.4, 0.5) is 0 Å². The lowest BCUT2D eigenvalue weighted by molar-refractivity contribution is -0.157. The Kier molecular flexibility index (Phi) is 2.27. The van der Waals surface area contributed by atoms with Crippen molar-refractivity contribution in [3.05, 3.63) is 0 Å². The lowest BCUT2D eigenvalue weighted by Crippen LogP contribution is -2.27. The molecule has 3 nitrogen and oxygen atoms in total. The number of hydrogen-bond donors (Lipinski definition) is 0. The van der Waals surface area contributed by atoms with Crippen LogP contribution in [0, 0.1) is 0 Å². The van der Waals surface area contributed by atoms with Crippen LogP contribution in [0.5, 0.6) is 0 Å². The molecule has 0 atom stereocenters. The topological polar surface area (TPSA) is 43.4 Å². The summed E-state index contributed by atoms with van der Waals surface area (Å²) < 4.78 is 4.63. The number of carbonyl (C=O) groups is 2.